The van der Waals surface area contributed by atoms with Gasteiger partial charge >= 0.3 is 0 Å². The predicted molar refractivity (Wildman–Crippen MR) is 104 cm³/mol. The Labute approximate surface area is 160 Å². The summed E-state index contributed by atoms with van der Waals surface area (Å²) in [6, 6.07) is 14.7. The number of hydrogen-bond acceptors (Lipinski definition) is 6. The number of thiazole rings is 1. The highest BCUT2D eigenvalue weighted by Gasteiger charge is 2.24. The first kappa shape index (κ1) is 17.2. The number of furan rings is 1. The number of rotatable bonds is 6. The number of pyridine rings is 1. The summed E-state index contributed by atoms with van der Waals surface area (Å²) >= 11 is 1.43. The minimum absolute atomic E-state index is 0.255. The molecule has 0 saturated heterocycles. The normalized spacial score (nSPS) is 10.9. The van der Waals surface area contributed by atoms with E-state index in [1.54, 1.807) is 23.2 Å². The molecule has 4 aromatic rings. The van der Waals surface area contributed by atoms with Gasteiger partial charge in [0.1, 0.15) is 5.75 Å². The second kappa shape index (κ2) is 7.59. The van der Waals surface area contributed by atoms with Gasteiger partial charge in [0.2, 0.25) is 0 Å². The Bertz CT molecular complexity index is 1040. The van der Waals surface area contributed by atoms with E-state index in [0.717, 1.165) is 21.7 Å². The molecule has 1 amide bonds. The van der Waals surface area contributed by atoms with Crippen LogP contribution in [0.5, 0.6) is 5.75 Å². The van der Waals surface area contributed by atoms with E-state index in [9.17, 15) is 4.79 Å². The summed E-state index contributed by atoms with van der Waals surface area (Å²) in [6.45, 7) is 2.84. The number of aromatic nitrogens is 2. The second-order valence-electron chi connectivity index (χ2n) is 5.75. The van der Waals surface area contributed by atoms with Crippen molar-refractivity contribution < 1.29 is 13.9 Å². The molecule has 0 aliphatic rings. The van der Waals surface area contributed by atoms with Crippen molar-refractivity contribution in [2.45, 2.75) is 13.5 Å². The van der Waals surface area contributed by atoms with Crippen molar-refractivity contribution in [3.8, 4) is 5.75 Å². The second-order valence-corrected chi connectivity index (χ2v) is 6.76. The highest BCUT2D eigenvalue weighted by atomic mass is 32.1. The molecule has 0 spiro atoms. The average Bonchev–Trinajstić information content (AvgIpc) is 3.36. The van der Waals surface area contributed by atoms with Gasteiger partial charge in [-0.2, -0.15) is 0 Å². The first-order chi connectivity index (χ1) is 13.2. The number of amides is 1. The standard InChI is InChI=1S/C20H17N3O3S/c1-2-25-15-8-9-16-18(12-15)27-20(22-16)23(13-14-6-3-4-10-21-14)19(24)17-7-5-11-26-17/h3-12H,2,13H2,1H3. The first-order valence-electron chi connectivity index (χ1n) is 8.53. The fourth-order valence-electron chi connectivity index (χ4n) is 2.68. The molecule has 0 radical (unpaired) electrons. The highest BCUT2D eigenvalue weighted by Crippen LogP contribution is 2.33. The van der Waals surface area contributed by atoms with Gasteiger partial charge < -0.3 is 9.15 Å². The van der Waals surface area contributed by atoms with Gasteiger partial charge in [-0.3, -0.25) is 14.7 Å². The van der Waals surface area contributed by atoms with Crippen LogP contribution in [0, 0.1) is 0 Å². The molecule has 0 N–H and O–H groups in total. The lowest BCUT2D eigenvalue weighted by molar-refractivity contribution is 0.0958. The van der Waals surface area contributed by atoms with Crippen molar-refractivity contribution in [2.24, 2.45) is 0 Å². The lowest BCUT2D eigenvalue weighted by Crippen LogP contribution is -2.30. The van der Waals surface area contributed by atoms with Crippen molar-refractivity contribution in [1.29, 1.82) is 0 Å². The maximum absolute atomic E-state index is 13.0. The molecule has 4 rings (SSSR count). The maximum Gasteiger partial charge on any atom is 0.296 e. The Hall–Kier alpha value is -3.19. The summed E-state index contributed by atoms with van der Waals surface area (Å²) in [5, 5.41) is 0.589. The summed E-state index contributed by atoms with van der Waals surface area (Å²) in [6.07, 6.45) is 3.19. The number of nitrogens with zero attached hydrogens (tertiary/aromatic N) is 3. The van der Waals surface area contributed by atoms with E-state index in [4.69, 9.17) is 9.15 Å². The van der Waals surface area contributed by atoms with E-state index >= 15 is 0 Å². The fourth-order valence-corrected chi connectivity index (χ4v) is 3.67. The van der Waals surface area contributed by atoms with E-state index in [1.165, 1.54) is 17.6 Å². The molecule has 0 atom stereocenters. The van der Waals surface area contributed by atoms with Gasteiger partial charge in [-0.25, -0.2) is 4.98 Å². The zero-order valence-corrected chi connectivity index (χ0v) is 15.5. The van der Waals surface area contributed by atoms with E-state index in [2.05, 4.69) is 9.97 Å². The highest BCUT2D eigenvalue weighted by molar-refractivity contribution is 7.22. The number of benzene rings is 1. The number of fused-ring (bicyclic) bond motifs is 1. The van der Waals surface area contributed by atoms with Gasteiger partial charge in [-0.05, 0) is 49.4 Å². The van der Waals surface area contributed by atoms with Crippen molar-refractivity contribution in [1.82, 2.24) is 9.97 Å². The number of hydrogen-bond donors (Lipinski definition) is 0. The Kier molecular flexibility index (Phi) is 4.84. The average molecular weight is 379 g/mol. The molecular weight excluding hydrogens is 362 g/mol. The third-order valence-corrected chi connectivity index (χ3v) is 4.96. The first-order valence-corrected chi connectivity index (χ1v) is 9.35. The van der Waals surface area contributed by atoms with Crippen LogP contribution < -0.4 is 9.64 Å². The van der Waals surface area contributed by atoms with Gasteiger partial charge in [-0.1, -0.05) is 17.4 Å². The molecule has 0 unspecified atom stereocenters. The van der Waals surface area contributed by atoms with Crippen LogP contribution in [0.15, 0.2) is 65.4 Å². The van der Waals surface area contributed by atoms with Gasteiger partial charge in [0.05, 0.1) is 35.3 Å². The summed E-state index contributed by atoms with van der Waals surface area (Å²) in [7, 11) is 0. The molecule has 6 nitrogen and oxygen atoms in total. The molecule has 0 aliphatic heterocycles. The zero-order chi connectivity index (χ0) is 18.6. The summed E-state index contributed by atoms with van der Waals surface area (Å²) in [5.74, 6) is 0.795. The summed E-state index contributed by atoms with van der Waals surface area (Å²) in [4.78, 5) is 23.6. The topological polar surface area (TPSA) is 68.5 Å². The molecule has 0 saturated carbocycles. The van der Waals surface area contributed by atoms with Crippen LogP contribution in [-0.2, 0) is 6.54 Å². The van der Waals surface area contributed by atoms with Crippen molar-refractivity contribution in [3.63, 3.8) is 0 Å². The van der Waals surface area contributed by atoms with Gasteiger partial charge in [0, 0.05) is 6.20 Å². The van der Waals surface area contributed by atoms with E-state index in [0.29, 0.717) is 18.3 Å². The Morgan fingerprint density at radius 1 is 1.22 bits per heavy atom. The smallest absolute Gasteiger partial charge is 0.296 e. The number of ether oxygens (including phenoxy) is 1. The summed E-state index contributed by atoms with van der Waals surface area (Å²) in [5.41, 5.74) is 1.59. The molecule has 27 heavy (non-hydrogen) atoms. The predicted octanol–water partition coefficient (Wildman–Crippen LogP) is 4.53. The molecule has 3 aromatic heterocycles. The van der Waals surface area contributed by atoms with Crippen LogP contribution in [0.25, 0.3) is 10.2 Å². The molecule has 136 valence electrons. The number of carbonyl (C=O) groups excluding carboxylic acids is 1. The lowest BCUT2D eigenvalue weighted by atomic mass is 10.3. The third-order valence-electron chi connectivity index (χ3n) is 3.91. The summed E-state index contributed by atoms with van der Waals surface area (Å²) < 4.78 is 11.8. The van der Waals surface area contributed by atoms with Crippen molar-refractivity contribution in [3.05, 3.63) is 72.4 Å². The minimum atomic E-state index is -0.255. The number of anilines is 1. The van der Waals surface area contributed by atoms with E-state index < -0.39 is 0 Å². The van der Waals surface area contributed by atoms with Gasteiger partial charge in [-0.15, -0.1) is 0 Å². The third kappa shape index (κ3) is 3.68. The Morgan fingerprint density at radius 2 is 2.15 bits per heavy atom. The molecule has 0 bridgehead atoms. The number of carbonyl (C=O) groups is 1. The minimum Gasteiger partial charge on any atom is -0.494 e. The molecule has 7 heteroatoms. The monoisotopic (exact) mass is 379 g/mol. The molecule has 0 aliphatic carbocycles. The van der Waals surface area contributed by atoms with E-state index in [1.807, 2.05) is 43.3 Å². The molecular formula is C20H17N3O3S. The maximum atomic E-state index is 13.0. The quantitative estimate of drug-likeness (QED) is 0.492. The van der Waals surface area contributed by atoms with Crippen LogP contribution in [0.4, 0.5) is 5.13 Å². The lowest BCUT2D eigenvalue weighted by Gasteiger charge is -2.18. The van der Waals surface area contributed by atoms with Crippen LogP contribution in [0.1, 0.15) is 23.2 Å². The van der Waals surface area contributed by atoms with Gasteiger partial charge in [0.15, 0.2) is 10.9 Å². The van der Waals surface area contributed by atoms with Crippen molar-refractivity contribution >= 4 is 32.6 Å². The van der Waals surface area contributed by atoms with Crippen LogP contribution in [-0.4, -0.2) is 22.5 Å². The van der Waals surface area contributed by atoms with Crippen LogP contribution >= 0.6 is 11.3 Å². The Balaban J connectivity index is 1.73. The van der Waals surface area contributed by atoms with Crippen LogP contribution in [0.3, 0.4) is 0 Å². The largest absolute Gasteiger partial charge is 0.494 e. The van der Waals surface area contributed by atoms with Crippen molar-refractivity contribution in [2.75, 3.05) is 11.5 Å². The van der Waals surface area contributed by atoms with Crippen LogP contribution in [0.2, 0.25) is 0 Å². The van der Waals surface area contributed by atoms with E-state index in [-0.39, 0.29) is 11.7 Å². The SMILES string of the molecule is CCOc1ccc2nc(N(Cc3ccccn3)C(=O)c3ccco3)sc2c1. The molecule has 1 aromatic carbocycles. The Morgan fingerprint density at radius 3 is 2.89 bits per heavy atom. The zero-order valence-electron chi connectivity index (χ0n) is 14.7. The molecule has 3 heterocycles. The van der Waals surface area contributed by atoms with Gasteiger partial charge in [0.25, 0.3) is 5.91 Å². The molecule has 0 fully saturated rings. The fraction of sp³-hybridized carbons (Fsp3) is 0.150.